The van der Waals surface area contributed by atoms with E-state index in [1.807, 2.05) is 13.8 Å². The van der Waals surface area contributed by atoms with E-state index in [-0.39, 0.29) is 34.0 Å². The lowest BCUT2D eigenvalue weighted by Gasteiger charge is -2.43. The molecule has 2 aliphatic rings. The number of hydrogen-bond acceptors (Lipinski definition) is 8. The summed E-state index contributed by atoms with van der Waals surface area (Å²) >= 11 is 0.934. The Labute approximate surface area is 188 Å². The lowest BCUT2D eigenvalue weighted by molar-refractivity contribution is -0.380. The van der Waals surface area contributed by atoms with Crippen LogP contribution in [0.25, 0.3) is 0 Å². The minimum Gasteiger partial charge on any atom is -0.384 e. The van der Waals surface area contributed by atoms with Crippen LogP contribution in [0.3, 0.4) is 0 Å². The molecule has 0 radical (unpaired) electrons. The van der Waals surface area contributed by atoms with Crippen molar-refractivity contribution in [3.05, 3.63) is 79.6 Å². The summed E-state index contributed by atoms with van der Waals surface area (Å²) in [6, 6.07) is 14.1. The molecular formula is C23H19N5O3S. The van der Waals surface area contributed by atoms with E-state index >= 15 is 0 Å². The fourth-order valence-electron chi connectivity index (χ4n) is 4.43. The summed E-state index contributed by atoms with van der Waals surface area (Å²) < 4.78 is 0. The Morgan fingerprint density at radius 2 is 1.91 bits per heavy atom. The van der Waals surface area contributed by atoms with Crippen LogP contribution in [-0.2, 0) is 4.79 Å². The number of allylic oxidation sites excluding steroid dienone is 3. The largest absolute Gasteiger partial charge is 0.384 e. The smallest absolute Gasteiger partial charge is 0.324 e. The molecule has 0 fully saturated rings. The van der Waals surface area contributed by atoms with Crippen LogP contribution < -0.4 is 10.6 Å². The van der Waals surface area contributed by atoms with Crippen LogP contribution in [0.1, 0.15) is 43.0 Å². The van der Waals surface area contributed by atoms with Gasteiger partial charge in [0.15, 0.2) is 5.78 Å². The average molecular weight is 446 g/mol. The van der Waals surface area contributed by atoms with Crippen molar-refractivity contribution in [3.63, 3.8) is 0 Å². The van der Waals surface area contributed by atoms with Crippen LogP contribution in [0.4, 0.5) is 10.7 Å². The van der Waals surface area contributed by atoms with Gasteiger partial charge in [-0.1, -0.05) is 37.3 Å². The van der Waals surface area contributed by atoms with Crippen molar-refractivity contribution in [2.24, 2.45) is 11.1 Å². The van der Waals surface area contributed by atoms with Crippen molar-refractivity contribution < 1.29 is 9.72 Å². The molecule has 2 aromatic rings. The van der Waals surface area contributed by atoms with Crippen molar-refractivity contribution in [1.82, 2.24) is 0 Å². The van der Waals surface area contributed by atoms with Crippen LogP contribution in [0.5, 0.6) is 0 Å². The summed E-state index contributed by atoms with van der Waals surface area (Å²) in [7, 11) is 0. The van der Waals surface area contributed by atoms with Gasteiger partial charge in [0, 0.05) is 28.6 Å². The summed E-state index contributed by atoms with van der Waals surface area (Å²) in [4.78, 5) is 26.3. The van der Waals surface area contributed by atoms with E-state index in [4.69, 9.17) is 5.73 Å². The summed E-state index contributed by atoms with van der Waals surface area (Å²) in [5, 5.41) is 30.9. The van der Waals surface area contributed by atoms with E-state index in [2.05, 4.69) is 12.1 Å². The maximum absolute atomic E-state index is 13.4. The second-order valence-corrected chi connectivity index (χ2v) is 9.64. The number of anilines is 1. The number of thiophene rings is 1. The number of nitrogens with two attached hydrogens (primary N) is 1. The number of hydrogen-bond donors (Lipinski definition) is 1. The van der Waals surface area contributed by atoms with Crippen LogP contribution in [0, 0.1) is 38.2 Å². The highest BCUT2D eigenvalue weighted by molar-refractivity contribution is 7.15. The highest BCUT2D eigenvalue weighted by Gasteiger charge is 2.45. The van der Waals surface area contributed by atoms with E-state index in [0.29, 0.717) is 33.8 Å². The predicted octanol–water partition coefficient (Wildman–Crippen LogP) is 4.47. The maximum atomic E-state index is 13.4. The van der Waals surface area contributed by atoms with Crippen molar-refractivity contribution in [1.29, 1.82) is 10.5 Å². The molecule has 2 heterocycles. The van der Waals surface area contributed by atoms with E-state index in [0.717, 1.165) is 11.3 Å². The maximum Gasteiger partial charge on any atom is 0.324 e. The van der Waals surface area contributed by atoms with Gasteiger partial charge in [0.25, 0.3) is 0 Å². The Hall–Kier alpha value is -3.95. The second kappa shape index (κ2) is 7.63. The van der Waals surface area contributed by atoms with Crippen molar-refractivity contribution in [2.75, 3.05) is 4.90 Å². The second-order valence-electron chi connectivity index (χ2n) is 8.54. The molecule has 1 aromatic carbocycles. The molecule has 0 bridgehead atoms. The molecule has 32 heavy (non-hydrogen) atoms. The van der Waals surface area contributed by atoms with Gasteiger partial charge in [-0.2, -0.15) is 10.5 Å². The molecular weight excluding hydrogens is 426 g/mol. The highest BCUT2D eigenvalue weighted by atomic mass is 32.1. The minimum absolute atomic E-state index is 0.0705. The van der Waals surface area contributed by atoms with Gasteiger partial charge in [0.1, 0.15) is 11.9 Å². The number of rotatable bonds is 3. The Morgan fingerprint density at radius 3 is 2.53 bits per heavy atom. The van der Waals surface area contributed by atoms with Crippen LogP contribution >= 0.6 is 11.3 Å². The minimum atomic E-state index is -0.775. The molecule has 9 heteroatoms. The Morgan fingerprint density at radius 1 is 1.19 bits per heavy atom. The summed E-state index contributed by atoms with van der Waals surface area (Å²) in [5.74, 6) is -0.778. The van der Waals surface area contributed by atoms with Crippen molar-refractivity contribution in [3.8, 4) is 12.1 Å². The molecule has 1 aliphatic heterocycles. The van der Waals surface area contributed by atoms with E-state index < -0.39 is 10.8 Å². The summed E-state index contributed by atoms with van der Waals surface area (Å²) in [5.41, 5.74) is 8.21. The summed E-state index contributed by atoms with van der Waals surface area (Å²) in [6.45, 7) is 3.96. The van der Waals surface area contributed by atoms with Gasteiger partial charge in [-0.25, -0.2) is 0 Å². The zero-order valence-corrected chi connectivity index (χ0v) is 18.3. The van der Waals surface area contributed by atoms with Gasteiger partial charge in [-0.15, -0.1) is 0 Å². The van der Waals surface area contributed by atoms with Gasteiger partial charge in [0.05, 0.1) is 33.7 Å². The van der Waals surface area contributed by atoms with Crippen LogP contribution in [-0.4, -0.2) is 10.7 Å². The molecule has 1 atom stereocenters. The molecule has 8 nitrogen and oxygen atoms in total. The molecule has 1 aromatic heterocycles. The molecule has 0 saturated carbocycles. The fourth-order valence-corrected chi connectivity index (χ4v) is 5.37. The standard InChI is InChI=1S/C23H19N5O3S/c1-23(2)9-16-21(17(29)10-23)20(18-7-8-19(32-18)28(30)31)14(12-25)22(26)27(16)15-6-4-3-5-13(15)11-24/h3-8,20H,9-10,26H2,1-2H3/t20-/m1/s1. The van der Waals surface area contributed by atoms with Gasteiger partial charge in [0.2, 0.25) is 0 Å². The molecule has 0 spiro atoms. The Bertz CT molecular complexity index is 1310. The lowest BCUT2D eigenvalue weighted by atomic mass is 9.69. The third-order valence-electron chi connectivity index (χ3n) is 5.72. The lowest BCUT2D eigenvalue weighted by Crippen LogP contribution is -2.42. The topological polar surface area (TPSA) is 137 Å². The number of nitriles is 2. The van der Waals surface area contributed by atoms with Gasteiger partial charge < -0.3 is 5.73 Å². The number of nitro groups is 1. The first-order valence-electron chi connectivity index (χ1n) is 9.88. The zero-order chi connectivity index (χ0) is 23.2. The summed E-state index contributed by atoms with van der Waals surface area (Å²) in [6.07, 6.45) is 0.777. The van der Waals surface area contributed by atoms with Gasteiger partial charge in [-0.05, 0) is 30.0 Å². The first-order valence-corrected chi connectivity index (χ1v) is 10.7. The highest BCUT2D eigenvalue weighted by Crippen LogP contribution is 2.51. The molecule has 160 valence electrons. The number of nitrogens with zero attached hydrogens (tertiary/aromatic N) is 4. The molecule has 0 saturated heterocycles. The number of ketones is 1. The number of carbonyl (C=O) groups is 1. The average Bonchev–Trinajstić information content (AvgIpc) is 3.22. The first-order chi connectivity index (χ1) is 15.2. The van der Waals surface area contributed by atoms with Gasteiger partial charge in [-0.3, -0.25) is 19.8 Å². The molecule has 2 N–H and O–H groups in total. The van der Waals surface area contributed by atoms with Crippen LogP contribution in [0.2, 0.25) is 0 Å². The monoisotopic (exact) mass is 445 g/mol. The quantitative estimate of drug-likeness (QED) is 0.543. The molecule has 1 aliphatic carbocycles. The van der Waals surface area contributed by atoms with E-state index in [1.165, 1.54) is 6.07 Å². The van der Waals surface area contributed by atoms with E-state index in [9.17, 15) is 25.4 Å². The van der Waals surface area contributed by atoms with Crippen LogP contribution in [0.15, 0.2) is 59.1 Å². The number of carbonyl (C=O) groups excluding carboxylic acids is 1. The van der Waals surface area contributed by atoms with Crippen molar-refractivity contribution in [2.45, 2.75) is 32.6 Å². The number of para-hydroxylation sites is 1. The number of Topliss-reactive ketones (excluding diaryl/α,β-unsaturated/α-hetero) is 1. The van der Waals surface area contributed by atoms with Crippen molar-refractivity contribution >= 4 is 27.8 Å². The first kappa shape index (κ1) is 21.3. The number of benzene rings is 1. The Kier molecular flexibility index (Phi) is 5.08. The fraction of sp³-hybridized carbons (Fsp3) is 0.261. The normalized spacial score (nSPS) is 19.9. The third kappa shape index (κ3) is 3.33. The SMILES string of the molecule is CC1(C)CC(=O)C2=C(C1)N(c1ccccc1C#N)C(N)=C(C#N)[C@@H]2c1ccc([N+](=O)[O-])s1. The van der Waals surface area contributed by atoms with Gasteiger partial charge >= 0.3 is 5.00 Å². The van der Waals surface area contributed by atoms with E-state index in [1.54, 1.807) is 35.2 Å². The predicted molar refractivity (Wildman–Crippen MR) is 119 cm³/mol. The third-order valence-corrected chi connectivity index (χ3v) is 6.83. The zero-order valence-electron chi connectivity index (χ0n) is 17.5. The molecule has 0 unspecified atom stereocenters. The molecule has 4 rings (SSSR count). The molecule has 0 amide bonds. The Balaban J connectivity index is 2.02.